The van der Waals surface area contributed by atoms with Crippen LogP contribution in [0.5, 0.6) is 0 Å². The van der Waals surface area contributed by atoms with Gasteiger partial charge in [-0.3, -0.25) is 4.98 Å². The Kier molecular flexibility index (Phi) is 5.73. The first kappa shape index (κ1) is 27.4. The molecule has 1 aliphatic rings. The van der Waals surface area contributed by atoms with Gasteiger partial charge in [-0.2, -0.15) is 0 Å². The van der Waals surface area contributed by atoms with Crippen molar-refractivity contribution in [2.45, 2.75) is 6.42 Å². The summed E-state index contributed by atoms with van der Waals surface area (Å²) in [5.74, 6) is 0. The average molecular weight is 637 g/mol. The number of hydrogen-bond acceptors (Lipinski definition) is 3. The number of rotatable bonds is 2. The summed E-state index contributed by atoms with van der Waals surface area (Å²) in [7, 11) is 0. The number of hydrogen-bond donors (Lipinski definition) is 0. The quantitative estimate of drug-likeness (QED) is 0.177. The van der Waals surface area contributed by atoms with Gasteiger partial charge in [0.05, 0.1) is 16.7 Å². The Bertz CT molecular complexity index is 3080. The highest BCUT2D eigenvalue weighted by atomic mass is 16.3. The minimum atomic E-state index is 0.782. The molecule has 0 unspecified atom stereocenters. The van der Waals surface area contributed by atoms with Crippen LogP contribution in [-0.2, 0) is 6.42 Å². The van der Waals surface area contributed by atoms with Gasteiger partial charge in [0.2, 0.25) is 0 Å². The van der Waals surface area contributed by atoms with E-state index in [1.807, 2.05) is 12.3 Å². The average Bonchev–Trinajstić information content (AvgIpc) is 3.47. The Balaban J connectivity index is 1.15. The zero-order valence-corrected chi connectivity index (χ0v) is 27.0. The molecule has 0 saturated carbocycles. The Hall–Kier alpha value is -6.58. The molecular formula is C47H28N2O. The van der Waals surface area contributed by atoms with Crippen molar-refractivity contribution in [2.24, 2.45) is 0 Å². The number of fused-ring (bicyclic) bond motifs is 14. The molecule has 1 aliphatic carbocycles. The molecule has 7 aromatic carbocycles. The minimum absolute atomic E-state index is 0.782. The maximum atomic E-state index is 7.00. The van der Waals surface area contributed by atoms with Gasteiger partial charge in [0.15, 0.2) is 0 Å². The molecule has 3 heteroatoms. The summed E-state index contributed by atoms with van der Waals surface area (Å²) in [6.07, 6.45) is 5.00. The second-order valence-corrected chi connectivity index (χ2v) is 13.3. The summed E-state index contributed by atoms with van der Waals surface area (Å²) in [5.41, 5.74) is 12.9. The maximum Gasteiger partial charge on any atom is 0.144 e. The molecule has 50 heavy (non-hydrogen) atoms. The zero-order valence-electron chi connectivity index (χ0n) is 27.0. The van der Waals surface area contributed by atoms with Crippen LogP contribution in [0.2, 0.25) is 0 Å². The molecule has 0 bridgehead atoms. The molecule has 232 valence electrons. The molecule has 11 rings (SSSR count). The van der Waals surface area contributed by atoms with E-state index in [2.05, 4.69) is 151 Å². The van der Waals surface area contributed by atoms with Gasteiger partial charge in [-0.05, 0) is 74.0 Å². The predicted octanol–water partition coefficient (Wildman–Crippen LogP) is 12.4. The molecule has 0 radical (unpaired) electrons. The second kappa shape index (κ2) is 10.5. The van der Waals surface area contributed by atoms with Crippen molar-refractivity contribution in [1.29, 1.82) is 0 Å². The minimum Gasteiger partial charge on any atom is -0.455 e. The van der Waals surface area contributed by atoms with Crippen LogP contribution in [0, 0.1) is 0 Å². The molecule has 0 saturated heterocycles. The summed E-state index contributed by atoms with van der Waals surface area (Å²) in [4.78, 5) is 9.88. The smallest absolute Gasteiger partial charge is 0.144 e. The van der Waals surface area contributed by atoms with Crippen LogP contribution in [0.25, 0.3) is 99.3 Å². The number of allylic oxidation sites excluding steroid dienone is 1. The maximum absolute atomic E-state index is 7.00. The molecule has 0 aliphatic heterocycles. The highest BCUT2D eigenvalue weighted by molar-refractivity contribution is 6.19. The molecule has 3 heterocycles. The van der Waals surface area contributed by atoms with E-state index in [-0.39, 0.29) is 0 Å². The molecule has 3 nitrogen and oxygen atoms in total. The van der Waals surface area contributed by atoms with Crippen LogP contribution in [0.4, 0.5) is 0 Å². The van der Waals surface area contributed by atoms with Crippen LogP contribution in [-0.4, -0.2) is 9.97 Å². The van der Waals surface area contributed by atoms with Crippen LogP contribution in [0.15, 0.2) is 156 Å². The van der Waals surface area contributed by atoms with E-state index in [1.165, 1.54) is 49.4 Å². The highest BCUT2D eigenvalue weighted by Crippen LogP contribution is 2.46. The van der Waals surface area contributed by atoms with E-state index in [4.69, 9.17) is 9.40 Å². The Morgan fingerprint density at radius 1 is 0.460 bits per heavy atom. The van der Waals surface area contributed by atoms with Crippen LogP contribution in [0.1, 0.15) is 16.7 Å². The number of nitrogens with zero attached hydrogens (tertiary/aromatic N) is 2. The van der Waals surface area contributed by atoms with Gasteiger partial charge < -0.3 is 4.42 Å². The second-order valence-electron chi connectivity index (χ2n) is 13.3. The monoisotopic (exact) mass is 636 g/mol. The van der Waals surface area contributed by atoms with Crippen LogP contribution < -0.4 is 0 Å². The number of para-hydroxylation sites is 2. The van der Waals surface area contributed by atoms with Gasteiger partial charge >= 0.3 is 0 Å². The summed E-state index contributed by atoms with van der Waals surface area (Å²) in [5, 5.41) is 9.51. The van der Waals surface area contributed by atoms with Gasteiger partial charge in [0.1, 0.15) is 11.2 Å². The van der Waals surface area contributed by atoms with Crippen molar-refractivity contribution < 1.29 is 4.42 Å². The lowest BCUT2D eigenvalue weighted by Gasteiger charge is -2.18. The van der Waals surface area contributed by atoms with Crippen LogP contribution in [0.3, 0.4) is 0 Å². The topological polar surface area (TPSA) is 38.9 Å². The first-order chi connectivity index (χ1) is 24.8. The van der Waals surface area contributed by atoms with E-state index < -0.39 is 0 Å². The van der Waals surface area contributed by atoms with Gasteiger partial charge in [0, 0.05) is 38.9 Å². The molecule has 10 aromatic rings. The standard InChI is InChI=1S/C47H28N2O/c1-2-12-32-30(10-1)26-31(27-41-36-15-4-3-13-34(36)35-14-5-6-16-37(35)43(32)41)33-17-7-18-38-39-19-8-20-40(47(39)50-46(33)38)42-24-23-29-22-21-28-11-9-25-48-44(28)45(29)49-42/h1-26H,27H2. The van der Waals surface area contributed by atoms with E-state index in [0.29, 0.717) is 0 Å². The summed E-state index contributed by atoms with van der Waals surface area (Å²) in [6.45, 7) is 0. The molecule has 0 fully saturated rings. The van der Waals surface area contributed by atoms with E-state index in [0.717, 1.165) is 67.0 Å². The third-order valence-corrected chi connectivity index (χ3v) is 10.5. The van der Waals surface area contributed by atoms with Crippen molar-refractivity contribution in [3.63, 3.8) is 0 Å². The molecule has 0 amide bonds. The highest BCUT2D eigenvalue weighted by Gasteiger charge is 2.24. The fourth-order valence-electron chi connectivity index (χ4n) is 8.31. The number of benzene rings is 7. The van der Waals surface area contributed by atoms with Crippen LogP contribution >= 0.6 is 0 Å². The Morgan fingerprint density at radius 3 is 1.92 bits per heavy atom. The van der Waals surface area contributed by atoms with Crippen molar-refractivity contribution in [3.8, 4) is 22.4 Å². The van der Waals surface area contributed by atoms with Gasteiger partial charge in [0.25, 0.3) is 0 Å². The lowest BCUT2D eigenvalue weighted by atomic mass is 9.85. The fraction of sp³-hybridized carbons (Fsp3) is 0.0213. The molecule has 3 aromatic heterocycles. The molecular weight excluding hydrogens is 609 g/mol. The van der Waals surface area contributed by atoms with Gasteiger partial charge in [-0.1, -0.05) is 133 Å². The van der Waals surface area contributed by atoms with E-state index >= 15 is 0 Å². The fourth-order valence-corrected chi connectivity index (χ4v) is 8.31. The Morgan fingerprint density at radius 2 is 1.08 bits per heavy atom. The normalized spacial score (nSPS) is 12.8. The third kappa shape index (κ3) is 3.92. The predicted molar refractivity (Wildman–Crippen MR) is 208 cm³/mol. The Labute approximate surface area is 287 Å². The van der Waals surface area contributed by atoms with E-state index in [1.54, 1.807) is 0 Å². The number of pyridine rings is 2. The SMILES string of the molecule is C1=C(c2cccc3c2oc2c(-c4ccc5ccc6cccnc6c5n4)cccc23)Cc2c(c3ccccc3c3ccccc23)-c2ccccc21. The van der Waals surface area contributed by atoms with Crippen molar-refractivity contribution in [3.05, 3.63) is 168 Å². The summed E-state index contributed by atoms with van der Waals surface area (Å²) >= 11 is 0. The summed E-state index contributed by atoms with van der Waals surface area (Å²) in [6, 6.07) is 52.0. The lowest BCUT2D eigenvalue weighted by molar-refractivity contribution is 0.668. The van der Waals surface area contributed by atoms with Crippen molar-refractivity contribution in [1.82, 2.24) is 9.97 Å². The zero-order chi connectivity index (χ0) is 32.8. The molecule has 0 N–H and O–H groups in total. The molecule has 0 atom stereocenters. The lowest BCUT2D eigenvalue weighted by Crippen LogP contribution is -1.96. The van der Waals surface area contributed by atoms with Crippen molar-refractivity contribution in [2.75, 3.05) is 0 Å². The number of furan rings is 1. The number of aromatic nitrogens is 2. The largest absolute Gasteiger partial charge is 0.455 e. The van der Waals surface area contributed by atoms with Gasteiger partial charge in [-0.15, -0.1) is 0 Å². The first-order valence-electron chi connectivity index (χ1n) is 17.1. The summed E-state index contributed by atoms with van der Waals surface area (Å²) < 4.78 is 7.00. The first-order valence-corrected chi connectivity index (χ1v) is 17.1. The van der Waals surface area contributed by atoms with Gasteiger partial charge in [-0.25, -0.2) is 4.98 Å². The third-order valence-electron chi connectivity index (χ3n) is 10.5. The molecule has 0 spiro atoms. The van der Waals surface area contributed by atoms with E-state index in [9.17, 15) is 0 Å². The van der Waals surface area contributed by atoms with Crippen molar-refractivity contribution >= 4 is 76.9 Å².